The molecule has 3 rings (SSSR count). The third kappa shape index (κ3) is 7.34. The Bertz CT molecular complexity index is 866. The molecular weight excluding hydrogens is 518 g/mol. The van der Waals surface area contributed by atoms with Crippen molar-refractivity contribution in [3.05, 3.63) is 92.4 Å². The first-order valence-electron chi connectivity index (χ1n) is 9.14. The van der Waals surface area contributed by atoms with E-state index in [0.717, 1.165) is 45.5 Å². The van der Waals surface area contributed by atoms with Crippen molar-refractivity contribution in [3.63, 3.8) is 0 Å². The molecule has 0 fully saturated rings. The summed E-state index contributed by atoms with van der Waals surface area (Å²) in [7, 11) is 1.69. The zero-order valence-electron chi connectivity index (χ0n) is 16.2. The molecule has 29 heavy (non-hydrogen) atoms. The Morgan fingerprint density at radius 2 is 1.48 bits per heavy atom. The molecule has 0 aliphatic heterocycles. The lowest BCUT2D eigenvalue weighted by Crippen LogP contribution is -2.16. The van der Waals surface area contributed by atoms with E-state index in [9.17, 15) is 0 Å². The molecule has 0 saturated heterocycles. The van der Waals surface area contributed by atoms with Crippen LogP contribution in [0.25, 0.3) is 0 Å². The summed E-state index contributed by atoms with van der Waals surface area (Å²) in [4.78, 5) is 0. The van der Waals surface area contributed by atoms with Crippen molar-refractivity contribution in [1.82, 2.24) is 5.32 Å². The molecule has 0 aliphatic carbocycles. The number of ether oxygens (including phenoxy) is 2. The molecule has 1 N–H and O–H groups in total. The molecule has 0 spiro atoms. The summed E-state index contributed by atoms with van der Waals surface area (Å²) in [5.41, 5.74) is 3.63. The summed E-state index contributed by atoms with van der Waals surface area (Å²) in [5.74, 6) is 1.71. The molecule has 0 aromatic heterocycles. The van der Waals surface area contributed by atoms with Gasteiger partial charge in [0.05, 0.1) is 16.1 Å². The van der Waals surface area contributed by atoms with Crippen molar-refractivity contribution in [2.45, 2.75) is 19.6 Å². The maximum Gasteiger partial charge on any atom is 0.148 e. The summed E-state index contributed by atoms with van der Waals surface area (Å²) in [6, 6.07) is 22.6. The maximum atomic E-state index is 5.99. The molecule has 0 bridgehead atoms. The summed E-state index contributed by atoms with van der Waals surface area (Å²) >= 11 is 7.27. The third-order valence-electron chi connectivity index (χ3n) is 4.36. The molecule has 3 aromatic carbocycles. The highest BCUT2D eigenvalue weighted by Crippen LogP contribution is 2.35. The second-order valence-electron chi connectivity index (χ2n) is 6.44. The number of halogens is 3. The van der Waals surface area contributed by atoms with Gasteiger partial charge in [0, 0.05) is 6.54 Å². The fourth-order valence-corrected chi connectivity index (χ4v) is 4.35. The average molecular weight is 542 g/mol. The lowest BCUT2D eigenvalue weighted by atomic mass is 10.1. The summed E-state index contributed by atoms with van der Waals surface area (Å²) in [6.07, 6.45) is 0.977. The largest absolute Gasteiger partial charge is 0.497 e. The molecule has 6 heteroatoms. The molecular formula is C23H24Br2ClNO2. The zero-order valence-corrected chi connectivity index (χ0v) is 20.1. The average Bonchev–Trinajstić information content (AvgIpc) is 2.72. The van der Waals surface area contributed by atoms with E-state index in [4.69, 9.17) is 9.47 Å². The fraction of sp³-hybridized carbons (Fsp3) is 0.217. The quantitative estimate of drug-likeness (QED) is 0.312. The van der Waals surface area contributed by atoms with Crippen LogP contribution < -0.4 is 14.8 Å². The van der Waals surface area contributed by atoms with Crippen LogP contribution in [0.1, 0.15) is 16.7 Å². The highest BCUT2D eigenvalue weighted by Gasteiger charge is 2.09. The first kappa shape index (κ1) is 23.7. The summed E-state index contributed by atoms with van der Waals surface area (Å²) < 4.78 is 13.1. The maximum absolute atomic E-state index is 5.99. The van der Waals surface area contributed by atoms with Gasteiger partial charge in [0.2, 0.25) is 0 Å². The summed E-state index contributed by atoms with van der Waals surface area (Å²) in [5, 5.41) is 3.50. The number of rotatable bonds is 9. The monoisotopic (exact) mass is 539 g/mol. The molecule has 0 unspecified atom stereocenters. The van der Waals surface area contributed by atoms with Crippen molar-refractivity contribution in [2.75, 3.05) is 13.7 Å². The highest BCUT2D eigenvalue weighted by molar-refractivity contribution is 9.11. The van der Waals surface area contributed by atoms with Crippen LogP contribution in [0.3, 0.4) is 0 Å². The Balaban J connectivity index is 0.00000300. The van der Waals surface area contributed by atoms with Crippen molar-refractivity contribution < 1.29 is 9.47 Å². The molecule has 0 atom stereocenters. The van der Waals surface area contributed by atoms with E-state index in [1.165, 1.54) is 11.1 Å². The van der Waals surface area contributed by atoms with Crippen LogP contribution in [0.5, 0.6) is 11.5 Å². The standard InChI is InChI=1S/C23H23Br2NO2.ClH/c1-27-20-9-7-17(8-10-20)11-12-26-15-19-13-21(24)23(22(25)14-19)28-16-18-5-3-2-4-6-18;/h2-10,13-14,26H,11-12,15-16H2,1H3;1H. The van der Waals surface area contributed by atoms with Crippen molar-refractivity contribution in [1.29, 1.82) is 0 Å². The van der Waals surface area contributed by atoms with Crippen LogP contribution in [0.4, 0.5) is 0 Å². The zero-order chi connectivity index (χ0) is 19.8. The Kier molecular flexibility index (Phi) is 10.0. The number of hydrogen-bond donors (Lipinski definition) is 1. The summed E-state index contributed by atoms with van der Waals surface area (Å²) in [6.45, 7) is 2.25. The molecule has 0 amide bonds. The van der Waals surface area contributed by atoms with Crippen LogP contribution in [-0.2, 0) is 19.6 Å². The lowest BCUT2D eigenvalue weighted by Gasteiger charge is -2.13. The number of benzene rings is 3. The molecule has 154 valence electrons. The van der Waals surface area contributed by atoms with Crippen LogP contribution >= 0.6 is 44.3 Å². The van der Waals surface area contributed by atoms with Gasteiger partial charge in [0.1, 0.15) is 18.1 Å². The first-order chi connectivity index (χ1) is 13.7. The second kappa shape index (κ2) is 12.2. The van der Waals surface area contributed by atoms with E-state index >= 15 is 0 Å². The van der Waals surface area contributed by atoms with E-state index in [1.54, 1.807) is 7.11 Å². The van der Waals surface area contributed by atoms with E-state index in [1.807, 2.05) is 30.3 Å². The van der Waals surface area contributed by atoms with Crippen molar-refractivity contribution in [2.24, 2.45) is 0 Å². The second-order valence-corrected chi connectivity index (χ2v) is 8.15. The van der Waals surface area contributed by atoms with E-state index < -0.39 is 0 Å². The Labute approximate surface area is 195 Å². The van der Waals surface area contributed by atoms with Crippen LogP contribution in [0.15, 0.2) is 75.7 Å². The normalized spacial score (nSPS) is 10.3. The molecule has 3 aromatic rings. The predicted octanol–water partition coefficient (Wildman–Crippen LogP) is 6.55. The smallest absolute Gasteiger partial charge is 0.148 e. The molecule has 0 heterocycles. The van der Waals surface area contributed by atoms with Gasteiger partial charge in [0.25, 0.3) is 0 Å². The van der Waals surface area contributed by atoms with Gasteiger partial charge in [-0.3, -0.25) is 0 Å². The topological polar surface area (TPSA) is 30.5 Å². The van der Waals surface area contributed by atoms with Crippen molar-refractivity contribution in [3.8, 4) is 11.5 Å². The van der Waals surface area contributed by atoms with E-state index in [2.05, 4.69) is 73.6 Å². The first-order valence-corrected chi connectivity index (χ1v) is 10.7. The molecule has 3 nitrogen and oxygen atoms in total. The SMILES string of the molecule is COc1ccc(CCNCc2cc(Br)c(OCc3ccccc3)c(Br)c2)cc1.Cl. The Morgan fingerprint density at radius 1 is 0.828 bits per heavy atom. The minimum atomic E-state index is 0. The van der Waals surface area contributed by atoms with Crippen LogP contribution in [-0.4, -0.2) is 13.7 Å². The van der Waals surface area contributed by atoms with E-state index in [0.29, 0.717) is 6.61 Å². The number of hydrogen-bond acceptors (Lipinski definition) is 3. The Hall–Kier alpha value is -1.53. The third-order valence-corrected chi connectivity index (χ3v) is 5.54. The van der Waals surface area contributed by atoms with Gasteiger partial charge in [-0.2, -0.15) is 0 Å². The number of nitrogens with one attached hydrogen (secondary N) is 1. The van der Waals surface area contributed by atoms with E-state index in [-0.39, 0.29) is 12.4 Å². The van der Waals surface area contributed by atoms with Gasteiger partial charge in [0.15, 0.2) is 0 Å². The molecule has 0 aliphatic rings. The lowest BCUT2D eigenvalue weighted by molar-refractivity contribution is 0.302. The van der Waals surface area contributed by atoms with Gasteiger partial charge in [-0.05, 0) is 85.8 Å². The fourth-order valence-electron chi connectivity index (χ4n) is 2.84. The minimum Gasteiger partial charge on any atom is -0.497 e. The molecule has 0 saturated carbocycles. The minimum absolute atomic E-state index is 0. The highest BCUT2D eigenvalue weighted by atomic mass is 79.9. The Morgan fingerprint density at radius 3 is 2.10 bits per heavy atom. The van der Waals surface area contributed by atoms with Gasteiger partial charge in [-0.25, -0.2) is 0 Å². The van der Waals surface area contributed by atoms with Crippen LogP contribution in [0.2, 0.25) is 0 Å². The number of methoxy groups -OCH3 is 1. The van der Waals surface area contributed by atoms with Gasteiger partial charge >= 0.3 is 0 Å². The molecule has 0 radical (unpaired) electrons. The predicted molar refractivity (Wildman–Crippen MR) is 128 cm³/mol. The van der Waals surface area contributed by atoms with Crippen LogP contribution in [0, 0.1) is 0 Å². The van der Waals surface area contributed by atoms with Gasteiger partial charge in [-0.1, -0.05) is 42.5 Å². The van der Waals surface area contributed by atoms with Crippen molar-refractivity contribution >= 4 is 44.3 Å². The van der Waals surface area contributed by atoms with Gasteiger partial charge in [-0.15, -0.1) is 12.4 Å². The van der Waals surface area contributed by atoms with Gasteiger partial charge < -0.3 is 14.8 Å².